The summed E-state index contributed by atoms with van der Waals surface area (Å²) in [6.45, 7) is 2.95. The quantitative estimate of drug-likeness (QED) is 0.231. The van der Waals surface area contributed by atoms with Crippen LogP contribution in [0.4, 0.5) is 22.1 Å². The standard InChI is InChI=1S/C40H47N9O4/c1-46-15-16-48(40(46)52)30-6-3-14-47(23-30)35-22-42-36(38(41)51)39(44-35)43-27-10-7-24(8-11-27)26-19-28-4-2-5-29(20-26)49(28)31-18-25-9-12-32-34(13-17-50)45-53-37(32)33(25)21-31/h7-12,17,22,26,28-31H,2-6,13-16,18-21,23H2,1H3,(H2,41,51)(H,43,44). The van der Waals surface area contributed by atoms with Crippen LogP contribution >= 0.6 is 0 Å². The topological polar surface area (TPSA) is 154 Å². The van der Waals surface area contributed by atoms with Crippen LogP contribution in [-0.2, 0) is 24.1 Å². The molecule has 4 atom stereocenters. The number of carbonyl (C=O) groups is 3. The monoisotopic (exact) mass is 717 g/mol. The van der Waals surface area contributed by atoms with Gasteiger partial charge in [0.1, 0.15) is 12.1 Å². The summed E-state index contributed by atoms with van der Waals surface area (Å²) < 4.78 is 5.80. The van der Waals surface area contributed by atoms with Crippen molar-refractivity contribution in [3.05, 3.63) is 70.7 Å². The van der Waals surface area contributed by atoms with Gasteiger partial charge in [0.25, 0.3) is 5.91 Å². The number of nitrogens with one attached hydrogen (secondary N) is 1. The van der Waals surface area contributed by atoms with Crippen LogP contribution in [0.3, 0.4) is 0 Å². The number of nitrogens with two attached hydrogens (primary N) is 1. The van der Waals surface area contributed by atoms with Gasteiger partial charge in [-0.25, -0.2) is 14.8 Å². The van der Waals surface area contributed by atoms with E-state index in [0.717, 1.165) is 86.8 Å². The molecular weight excluding hydrogens is 670 g/mol. The fourth-order valence-electron chi connectivity index (χ4n) is 10.0. The van der Waals surface area contributed by atoms with Crippen LogP contribution in [0.25, 0.3) is 11.0 Å². The number of piperidine rings is 3. The van der Waals surface area contributed by atoms with Gasteiger partial charge < -0.3 is 35.1 Å². The first-order valence-corrected chi connectivity index (χ1v) is 19.2. The highest BCUT2D eigenvalue weighted by atomic mass is 16.5. The van der Waals surface area contributed by atoms with Gasteiger partial charge in [-0.1, -0.05) is 29.8 Å². The van der Waals surface area contributed by atoms with E-state index < -0.39 is 5.91 Å². The Kier molecular flexibility index (Phi) is 8.76. The van der Waals surface area contributed by atoms with Crippen molar-refractivity contribution in [3.63, 3.8) is 0 Å². The molecule has 3 N–H and O–H groups in total. The van der Waals surface area contributed by atoms with Gasteiger partial charge in [0.05, 0.1) is 17.9 Å². The molecule has 4 unspecified atom stereocenters. The second-order valence-electron chi connectivity index (χ2n) is 15.7. The number of fused-ring (bicyclic) bond motifs is 5. The third-order valence-electron chi connectivity index (χ3n) is 12.6. The zero-order chi connectivity index (χ0) is 36.2. The van der Waals surface area contributed by atoms with Crippen LogP contribution in [0.15, 0.2) is 47.1 Å². The van der Waals surface area contributed by atoms with Gasteiger partial charge in [-0.2, -0.15) is 0 Å². The first kappa shape index (κ1) is 33.8. The summed E-state index contributed by atoms with van der Waals surface area (Å²) in [5, 5.41) is 8.54. The second-order valence-corrected chi connectivity index (χ2v) is 15.7. The summed E-state index contributed by atoms with van der Waals surface area (Å²) in [5.74, 6) is 0.840. The molecule has 1 aliphatic carbocycles. The summed E-state index contributed by atoms with van der Waals surface area (Å²) in [4.78, 5) is 54.3. The minimum Gasteiger partial charge on any atom is -0.364 e. The van der Waals surface area contributed by atoms with Crippen molar-refractivity contribution in [2.24, 2.45) is 5.73 Å². The van der Waals surface area contributed by atoms with Crippen LogP contribution in [0.2, 0.25) is 0 Å². The third-order valence-corrected chi connectivity index (χ3v) is 12.6. The molecule has 2 aromatic heterocycles. The number of amides is 3. The number of aldehydes is 1. The third kappa shape index (κ3) is 6.18. The number of nitrogens with zero attached hydrogens (tertiary/aromatic N) is 7. The first-order chi connectivity index (χ1) is 25.8. The lowest BCUT2D eigenvalue weighted by molar-refractivity contribution is -0.107. The van der Waals surface area contributed by atoms with Crippen molar-refractivity contribution in [2.45, 2.75) is 94.3 Å². The average Bonchev–Trinajstić information content (AvgIpc) is 3.88. The van der Waals surface area contributed by atoms with E-state index in [1.54, 1.807) is 11.1 Å². The number of hydrogen-bond donors (Lipinski definition) is 2. The fourth-order valence-corrected chi connectivity index (χ4v) is 10.0. The molecule has 276 valence electrons. The fraction of sp³-hybridized carbons (Fsp3) is 0.500. The van der Waals surface area contributed by atoms with Crippen LogP contribution in [0.5, 0.6) is 0 Å². The summed E-state index contributed by atoms with van der Waals surface area (Å²) >= 11 is 0. The SMILES string of the molecule is CN1CCN(C2CCCN(c3cnc(C(N)=O)c(Nc4ccc(C5CC6CCCC(C5)N6C5Cc6ccc7c(CC=O)noc7c6C5)cc4)n3)C2)C1=O. The van der Waals surface area contributed by atoms with Crippen molar-refractivity contribution in [2.75, 3.05) is 43.4 Å². The maximum Gasteiger partial charge on any atom is 0.320 e. The lowest BCUT2D eigenvalue weighted by Gasteiger charge is -2.52. The smallest absolute Gasteiger partial charge is 0.320 e. The van der Waals surface area contributed by atoms with E-state index in [0.29, 0.717) is 42.2 Å². The highest BCUT2D eigenvalue weighted by molar-refractivity contribution is 5.96. The Balaban J connectivity index is 0.880. The zero-order valence-corrected chi connectivity index (χ0v) is 30.2. The number of primary amides is 1. The minimum absolute atomic E-state index is 0.0762. The van der Waals surface area contributed by atoms with Gasteiger partial charge in [0.15, 0.2) is 17.1 Å². The Morgan fingerprint density at radius 2 is 1.77 bits per heavy atom. The predicted octanol–water partition coefficient (Wildman–Crippen LogP) is 4.81. The summed E-state index contributed by atoms with van der Waals surface area (Å²) in [5.41, 5.74) is 12.2. The highest BCUT2D eigenvalue weighted by Crippen LogP contribution is 2.45. The van der Waals surface area contributed by atoms with Crippen molar-refractivity contribution in [3.8, 4) is 0 Å². The number of anilines is 3. The molecule has 13 nitrogen and oxygen atoms in total. The molecule has 6 heterocycles. The molecule has 0 radical (unpaired) electrons. The molecule has 4 saturated heterocycles. The van der Waals surface area contributed by atoms with Gasteiger partial charge in [-0.3, -0.25) is 9.69 Å². The van der Waals surface area contributed by atoms with Gasteiger partial charge >= 0.3 is 6.03 Å². The van der Waals surface area contributed by atoms with Gasteiger partial charge in [-0.15, -0.1) is 0 Å². The summed E-state index contributed by atoms with van der Waals surface area (Å²) in [7, 11) is 1.84. The van der Waals surface area contributed by atoms with Gasteiger partial charge in [0, 0.05) is 74.4 Å². The zero-order valence-electron chi connectivity index (χ0n) is 30.2. The summed E-state index contributed by atoms with van der Waals surface area (Å²) in [6.07, 6.45) is 12.6. The summed E-state index contributed by atoms with van der Waals surface area (Å²) in [6, 6.07) is 14.6. The Labute approximate surface area is 308 Å². The van der Waals surface area contributed by atoms with E-state index in [9.17, 15) is 14.4 Å². The Morgan fingerprint density at radius 1 is 0.981 bits per heavy atom. The Hall–Kier alpha value is -5.04. The maximum atomic E-state index is 12.7. The number of rotatable bonds is 9. The molecule has 9 rings (SSSR count). The number of benzene rings is 2. The minimum atomic E-state index is -0.637. The molecule has 2 bridgehead atoms. The van der Waals surface area contributed by atoms with Crippen LogP contribution in [0.1, 0.15) is 83.7 Å². The molecule has 2 aromatic carbocycles. The maximum absolute atomic E-state index is 12.7. The lowest BCUT2D eigenvalue weighted by Crippen LogP contribution is -2.56. The van der Waals surface area contributed by atoms with E-state index in [-0.39, 0.29) is 24.2 Å². The molecular formula is C40H47N9O4. The molecule has 13 heteroatoms. The molecule has 3 amide bonds. The molecule has 0 saturated carbocycles. The Morgan fingerprint density at radius 3 is 2.51 bits per heavy atom. The number of likely N-dealkylation sites (N-methyl/N-ethyl adjacent to an activating group) is 1. The van der Waals surface area contributed by atoms with Crippen LogP contribution in [0, 0.1) is 0 Å². The van der Waals surface area contributed by atoms with E-state index in [1.807, 2.05) is 11.9 Å². The molecule has 4 aliphatic heterocycles. The second kappa shape index (κ2) is 13.7. The van der Waals surface area contributed by atoms with Crippen LogP contribution < -0.4 is 16.0 Å². The van der Waals surface area contributed by atoms with Crippen molar-refractivity contribution >= 4 is 46.5 Å². The highest BCUT2D eigenvalue weighted by Gasteiger charge is 2.44. The molecule has 4 fully saturated rings. The van der Waals surface area contributed by atoms with E-state index in [2.05, 4.69) is 61.7 Å². The number of urea groups is 1. The van der Waals surface area contributed by atoms with Crippen molar-refractivity contribution in [1.29, 1.82) is 0 Å². The van der Waals surface area contributed by atoms with Crippen LogP contribution in [-0.4, -0.2) is 105 Å². The van der Waals surface area contributed by atoms with E-state index in [4.69, 9.17) is 15.2 Å². The number of aromatic nitrogens is 3. The predicted molar refractivity (Wildman–Crippen MR) is 200 cm³/mol. The number of carbonyl (C=O) groups excluding carboxylic acids is 3. The average molecular weight is 718 g/mol. The molecule has 4 aromatic rings. The Bertz CT molecular complexity index is 2040. The van der Waals surface area contributed by atoms with Gasteiger partial charge in [0.2, 0.25) is 0 Å². The van der Waals surface area contributed by atoms with E-state index >= 15 is 0 Å². The lowest BCUT2D eigenvalue weighted by atomic mass is 9.74. The normalized spacial score (nSPS) is 25.9. The molecule has 0 spiro atoms. The molecule has 53 heavy (non-hydrogen) atoms. The first-order valence-electron chi connectivity index (χ1n) is 19.2. The molecule has 5 aliphatic rings. The van der Waals surface area contributed by atoms with Crippen molar-refractivity contribution < 1.29 is 18.9 Å². The van der Waals surface area contributed by atoms with E-state index in [1.165, 1.54) is 36.0 Å². The van der Waals surface area contributed by atoms with Crippen molar-refractivity contribution in [1.82, 2.24) is 29.8 Å². The van der Waals surface area contributed by atoms with Gasteiger partial charge in [-0.05, 0) is 86.6 Å². The number of hydrogen-bond acceptors (Lipinski definition) is 10. The largest absolute Gasteiger partial charge is 0.364 e.